The van der Waals surface area contributed by atoms with Crippen molar-refractivity contribution in [1.29, 1.82) is 0 Å². The van der Waals surface area contributed by atoms with Crippen molar-refractivity contribution in [2.75, 3.05) is 21.2 Å². The topological polar surface area (TPSA) is 66.9 Å². The Morgan fingerprint density at radius 2 is 1.73 bits per heavy atom. The van der Waals surface area contributed by atoms with Crippen LogP contribution < -0.4 is 4.74 Å². The van der Waals surface area contributed by atoms with Crippen LogP contribution in [-0.4, -0.2) is 48.7 Å². The first-order valence-electron chi connectivity index (χ1n) is 8.23. The van der Waals surface area contributed by atoms with Crippen LogP contribution in [-0.2, 0) is 0 Å². The Bertz CT molecular complexity index is 906. The van der Waals surface area contributed by atoms with Crippen LogP contribution in [0.3, 0.4) is 0 Å². The lowest BCUT2D eigenvalue weighted by atomic mass is 10.0. The highest BCUT2D eigenvalue weighted by Crippen LogP contribution is 2.30. The smallest absolute Gasteiger partial charge is 0.261 e. The van der Waals surface area contributed by atoms with Gasteiger partial charge in [-0.15, -0.1) is 0 Å². The van der Waals surface area contributed by atoms with Gasteiger partial charge in [0.15, 0.2) is 0 Å². The molecule has 0 bridgehead atoms. The maximum Gasteiger partial charge on any atom is 0.261 e. The average molecular weight is 352 g/mol. The van der Waals surface area contributed by atoms with Gasteiger partial charge in [-0.3, -0.25) is 19.3 Å². The zero-order chi connectivity index (χ0) is 19.0. The Morgan fingerprint density at radius 3 is 2.42 bits per heavy atom. The molecule has 1 unspecified atom stereocenters. The maximum atomic E-state index is 12.9. The molecule has 0 saturated carbocycles. The molecule has 0 spiro atoms. The number of fused-ring (bicyclic) bond motifs is 1. The highest BCUT2D eigenvalue weighted by atomic mass is 16.5. The molecule has 6 heteroatoms. The van der Waals surface area contributed by atoms with E-state index in [9.17, 15) is 14.4 Å². The first-order valence-corrected chi connectivity index (χ1v) is 8.23. The molecule has 2 aromatic rings. The van der Waals surface area contributed by atoms with Gasteiger partial charge in [-0.1, -0.05) is 18.2 Å². The molecule has 1 aliphatic heterocycles. The summed E-state index contributed by atoms with van der Waals surface area (Å²) in [6.45, 7) is 1.91. The molecule has 2 aromatic carbocycles. The number of amides is 3. The summed E-state index contributed by atoms with van der Waals surface area (Å²) >= 11 is 0. The Labute approximate surface area is 152 Å². The largest absolute Gasteiger partial charge is 0.496 e. The lowest BCUT2D eigenvalue weighted by molar-refractivity contribution is 0.0692. The van der Waals surface area contributed by atoms with Gasteiger partial charge in [0.25, 0.3) is 17.7 Å². The summed E-state index contributed by atoms with van der Waals surface area (Å²) < 4.78 is 5.37. The second-order valence-electron chi connectivity index (χ2n) is 6.26. The van der Waals surface area contributed by atoms with Gasteiger partial charge in [0.1, 0.15) is 5.75 Å². The number of ether oxygens (including phenoxy) is 1. The first kappa shape index (κ1) is 17.7. The zero-order valence-electron chi connectivity index (χ0n) is 15.1. The minimum atomic E-state index is -0.389. The molecule has 1 heterocycles. The van der Waals surface area contributed by atoms with E-state index in [1.54, 1.807) is 25.1 Å². The lowest BCUT2D eigenvalue weighted by Crippen LogP contribution is -2.30. The van der Waals surface area contributed by atoms with Gasteiger partial charge in [0.2, 0.25) is 0 Å². The second-order valence-corrected chi connectivity index (χ2v) is 6.26. The summed E-state index contributed by atoms with van der Waals surface area (Å²) in [5.41, 5.74) is 1.85. The number of carbonyl (C=O) groups is 3. The Morgan fingerprint density at radius 1 is 1.08 bits per heavy atom. The van der Waals surface area contributed by atoms with Crippen molar-refractivity contribution in [3.05, 3.63) is 64.7 Å². The number of hydrogen-bond donors (Lipinski definition) is 0. The third kappa shape index (κ3) is 2.73. The van der Waals surface area contributed by atoms with Crippen molar-refractivity contribution in [3.8, 4) is 5.75 Å². The van der Waals surface area contributed by atoms with E-state index in [4.69, 9.17) is 4.74 Å². The van der Waals surface area contributed by atoms with E-state index < -0.39 is 0 Å². The standard InChI is InChI=1S/C20H20N2O4/c1-12(14-7-5-6-8-17(14)26-4)21(2)18(23)13-9-10-15-16(11-13)20(25)22(3)19(15)24/h5-12H,1-4H3. The molecule has 0 saturated heterocycles. The van der Waals surface area contributed by atoms with Crippen molar-refractivity contribution in [1.82, 2.24) is 9.80 Å². The predicted molar refractivity (Wildman–Crippen MR) is 96.4 cm³/mol. The van der Waals surface area contributed by atoms with Crippen molar-refractivity contribution >= 4 is 17.7 Å². The maximum absolute atomic E-state index is 12.9. The molecule has 3 amide bonds. The van der Waals surface area contributed by atoms with Gasteiger partial charge in [-0.25, -0.2) is 0 Å². The quantitative estimate of drug-likeness (QED) is 0.794. The molecule has 0 fully saturated rings. The van der Waals surface area contributed by atoms with Crippen molar-refractivity contribution < 1.29 is 19.1 Å². The van der Waals surface area contributed by atoms with E-state index in [-0.39, 0.29) is 29.3 Å². The summed E-state index contributed by atoms with van der Waals surface area (Å²) in [6.07, 6.45) is 0. The highest BCUT2D eigenvalue weighted by molar-refractivity contribution is 6.21. The molecule has 6 nitrogen and oxygen atoms in total. The summed E-state index contributed by atoms with van der Waals surface area (Å²) in [4.78, 5) is 39.7. The minimum Gasteiger partial charge on any atom is -0.496 e. The van der Waals surface area contributed by atoms with Crippen LogP contribution in [0, 0.1) is 0 Å². The molecule has 26 heavy (non-hydrogen) atoms. The fraction of sp³-hybridized carbons (Fsp3) is 0.250. The van der Waals surface area contributed by atoms with E-state index in [1.165, 1.54) is 19.2 Å². The van der Waals surface area contributed by atoms with Crippen LogP contribution in [0.25, 0.3) is 0 Å². The van der Waals surface area contributed by atoms with Crippen molar-refractivity contribution in [2.24, 2.45) is 0 Å². The van der Waals surface area contributed by atoms with Crippen LogP contribution in [0.1, 0.15) is 49.6 Å². The Kier molecular flexibility index (Phi) is 4.50. The van der Waals surface area contributed by atoms with Gasteiger partial charge in [-0.2, -0.15) is 0 Å². The SMILES string of the molecule is COc1ccccc1C(C)N(C)C(=O)c1ccc2c(c1)C(=O)N(C)C2=O. The number of para-hydroxylation sites is 1. The molecule has 1 atom stereocenters. The van der Waals surface area contributed by atoms with Gasteiger partial charge in [-0.05, 0) is 31.2 Å². The summed E-state index contributed by atoms with van der Waals surface area (Å²) in [5, 5.41) is 0. The van der Waals surface area contributed by atoms with Crippen LogP contribution in [0.15, 0.2) is 42.5 Å². The molecular weight excluding hydrogens is 332 g/mol. The zero-order valence-corrected chi connectivity index (χ0v) is 15.1. The summed E-state index contributed by atoms with van der Waals surface area (Å²) in [7, 11) is 4.72. The van der Waals surface area contributed by atoms with E-state index in [2.05, 4.69) is 0 Å². The van der Waals surface area contributed by atoms with Crippen LogP contribution in [0.2, 0.25) is 0 Å². The van der Waals surface area contributed by atoms with Crippen molar-refractivity contribution in [2.45, 2.75) is 13.0 Å². The van der Waals surface area contributed by atoms with Crippen molar-refractivity contribution in [3.63, 3.8) is 0 Å². The summed E-state index contributed by atoms with van der Waals surface area (Å²) in [6, 6.07) is 11.9. The first-order chi connectivity index (χ1) is 12.4. The fourth-order valence-electron chi connectivity index (χ4n) is 3.09. The number of benzene rings is 2. The number of rotatable bonds is 4. The molecule has 0 aliphatic carbocycles. The molecule has 3 rings (SSSR count). The average Bonchev–Trinajstić information content (AvgIpc) is 2.90. The normalized spacial score (nSPS) is 14.2. The van der Waals surface area contributed by atoms with Crippen LogP contribution >= 0.6 is 0 Å². The molecule has 0 radical (unpaired) electrons. The fourth-order valence-corrected chi connectivity index (χ4v) is 3.09. The van der Waals surface area contributed by atoms with E-state index >= 15 is 0 Å². The molecular formula is C20H20N2O4. The molecule has 0 aromatic heterocycles. The van der Waals surface area contributed by atoms with Crippen LogP contribution in [0.4, 0.5) is 0 Å². The number of nitrogens with zero attached hydrogens (tertiary/aromatic N) is 2. The van der Waals surface area contributed by atoms with Gasteiger partial charge >= 0.3 is 0 Å². The van der Waals surface area contributed by atoms with E-state index in [0.29, 0.717) is 16.9 Å². The molecule has 0 N–H and O–H groups in total. The number of imide groups is 1. The van der Waals surface area contributed by atoms with Gasteiger partial charge in [0.05, 0.1) is 24.3 Å². The highest BCUT2D eigenvalue weighted by Gasteiger charge is 2.33. The van der Waals surface area contributed by atoms with Gasteiger partial charge < -0.3 is 9.64 Å². The Balaban J connectivity index is 1.90. The van der Waals surface area contributed by atoms with Crippen LogP contribution in [0.5, 0.6) is 5.75 Å². The third-order valence-corrected chi connectivity index (χ3v) is 4.83. The number of hydrogen-bond acceptors (Lipinski definition) is 4. The minimum absolute atomic E-state index is 0.230. The molecule has 1 aliphatic rings. The van der Waals surface area contributed by atoms with E-state index in [1.807, 2.05) is 31.2 Å². The number of methoxy groups -OCH3 is 1. The second kappa shape index (κ2) is 6.63. The third-order valence-electron chi connectivity index (χ3n) is 4.83. The predicted octanol–water partition coefficient (Wildman–Crippen LogP) is 2.75. The Hall–Kier alpha value is -3.15. The monoisotopic (exact) mass is 352 g/mol. The van der Waals surface area contributed by atoms with E-state index in [0.717, 1.165) is 10.5 Å². The molecule has 134 valence electrons. The number of carbonyl (C=O) groups excluding carboxylic acids is 3. The summed E-state index contributed by atoms with van der Waals surface area (Å²) in [5.74, 6) is -0.267. The lowest BCUT2D eigenvalue weighted by Gasteiger charge is -2.26. The van der Waals surface area contributed by atoms with Gasteiger partial charge in [0, 0.05) is 25.2 Å².